The van der Waals surface area contributed by atoms with Gasteiger partial charge in [0.05, 0.1) is 5.56 Å². The summed E-state index contributed by atoms with van der Waals surface area (Å²) in [5.41, 5.74) is 2.38. The fourth-order valence-corrected chi connectivity index (χ4v) is 2.65. The number of hydrogen-bond donors (Lipinski definition) is 1. The van der Waals surface area contributed by atoms with Crippen LogP contribution in [-0.2, 0) is 6.54 Å². The molecule has 0 saturated carbocycles. The molecule has 0 fully saturated rings. The lowest BCUT2D eigenvalue weighted by Crippen LogP contribution is -2.25. The predicted octanol–water partition coefficient (Wildman–Crippen LogP) is 4.30. The molecule has 3 rings (SSSR count). The van der Waals surface area contributed by atoms with Crippen LogP contribution in [0.1, 0.15) is 37.4 Å². The second-order valence-electron chi connectivity index (χ2n) is 6.01. The van der Waals surface area contributed by atoms with E-state index in [2.05, 4.69) is 5.32 Å². The van der Waals surface area contributed by atoms with Gasteiger partial charge in [0.15, 0.2) is 5.78 Å². The summed E-state index contributed by atoms with van der Waals surface area (Å²) in [6.07, 6.45) is 0. The summed E-state index contributed by atoms with van der Waals surface area (Å²) >= 11 is 0. The Hall–Kier alpha value is -3.27. The molecule has 4 heteroatoms. The third-order valence-corrected chi connectivity index (χ3v) is 4.14. The average molecular weight is 347 g/mol. The Morgan fingerprint density at radius 2 is 1.54 bits per heavy atom. The number of ketones is 1. The third-order valence-electron chi connectivity index (χ3n) is 4.14. The van der Waals surface area contributed by atoms with Crippen LogP contribution in [0.5, 0.6) is 0 Å². The first-order valence-corrected chi connectivity index (χ1v) is 8.28. The lowest BCUT2D eigenvalue weighted by molar-refractivity contribution is 0.0939. The standard InChI is InChI=1S/C22H18FNO2/c1-15-11-12-16(13-20(15)23)14-24-22(26)19-10-6-5-9-18(19)21(25)17-7-3-2-4-8-17/h2-13H,14H2,1H3,(H,24,26). The Kier molecular flexibility index (Phi) is 5.23. The molecule has 0 atom stereocenters. The van der Waals surface area contributed by atoms with Crippen molar-refractivity contribution in [2.45, 2.75) is 13.5 Å². The monoisotopic (exact) mass is 347 g/mol. The van der Waals surface area contributed by atoms with E-state index in [1.807, 2.05) is 6.07 Å². The van der Waals surface area contributed by atoms with Crippen molar-refractivity contribution >= 4 is 11.7 Å². The van der Waals surface area contributed by atoms with Crippen LogP contribution in [0.3, 0.4) is 0 Å². The molecule has 1 N–H and O–H groups in total. The van der Waals surface area contributed by atoms with Crippen LogP contribution in [0.15, 0.2) is 72.8 Å². The number of carbonyl (C=O) groups is 2. The van der Waals surface area contributed by atoms with Gasteiger partial charge in [0.1, 0.15) is 5.82 Å². The molecule has 0 radical (unpaired) electrons. The van der Waals surface area contributed by atoms with Crippen molar-refractivity contribution < 1.29 is 14.0 Å². The maximum Gasteiger partial charge on any atom is 0.252 e. The van der Waals surface area contributed by atoms with E-state index in [-0.39, 0.29) is 24.1 Å². The fraction of sp³-hybridized carbons (Fsp3) is 0.0909. The molecular weight excluding hydrogens is 329 g/mol. The fourth-order valence-electron chi connectivity index (χ4n) is 2.65. The molecular formula is C22H18FNO2. The van der Waals surface area contributed by atoms with Crippen molar-refractivity contribution in [2.75, 3.05) is 0 Å². The van der Waals surface area contributed by atoms with Gasteiger partial charge >= 0.3 is 0 Å². The van der Waals surface area contributed by atoms with Gasteiger partial charge < -0.3 is 5.32 Å². The highest BCUT2D eigenvalue weighted by Crippen LogP contribution is 2.15. The van der Waals surface area contributed by atoms with Gasteiger partial charge in [-0.25, -0.2) is 4.39 Å². The van der Waals surface area contributed by atoms with Crippen LogP contribution in [0.25, 0.3) is 0 Å². The van der Waals surface area contributed by atoms with Crippen molar-refractivity contribution in [3.63, 3.8) is 0 Å². The van der Waals surface area contributed by atoms with Gasteiger partial charge in [-0.15, -0.1) is 0 Å². The normalized spacial score (nSPS) is 10.4. The van der Waals surface area contributed by atoms with Crippen LogP contribution in [-0.4, -0.2) is 11.7 Å². The molecule has 0 aromatic heterocycles. The van der Waals surface area contributed by atoms with Gasteiger partial charge in [0, 0.05) is 17.7 Å². The number of hydrogen-bond acceptors (Lipinski definition) is 2. The highest BCUT2D eigenvalue weighted by Gasteiger charge is 2.17. The minimum Gasteiger partial charge on any atom is -0.348 e. The Bertz CT molecular complexity index is 951. The van der Waals surface area contributed by atoms with Crippen molar-refractivity contribution in [2.24, 2.45) is 0 Å². The minimum atomic E-state index is -0.370. The van der Waals surface area contributed by atoms with Crippen molar-refractivity contribution in [3.8, 4) is 0 Å². The SMILES string of the molecule is Cc1ccc(CNC(=O)c2ccccc2C(=O)c2ccccc2)cc1F. The molecule has 0 bridgehead atoms. The molecule has 0 saturated heterocycles. The Balaban J connectivity index is 1.79. The third kappa shape index (κ3) is 3.86. The largest absolute Gasteiger partial charge is 0.348 e. The molecule has 1 amide bonds. The number of nitrogens with one attached hydrogen (secondary N) is 1. The number of rotatable bonds is 5. The number of amides is 1. The summed E-state index contributed by atoms with van der Waals surface area (Å²) < 4.78 is 13.6. The van der Waals surface area contributed by atoms with E-state index >= 15 is 0 Å². The quantitative estimate of drug-likeness (QED) is 0.700. The van der Waals surface area contributed by atoms with E-state index in [9.17, 15) is 14.0 Å². The van der Waals surface area contributed by atoms with Gasteiger partial charge in [-0.05, 0) is 30.2 Å². The van der Waals surface area contributed by atoms with Gasteiger partial charge in [0.2, 0.25) is 0 Å². The Morgan fingerprint density at radius 3 is 2.23 bits per heavy atom. The number of halogens is 1. The zero-order valence-corrected chi connectivity index (χ0v) is 14.3. The molecule has 3 aromatic rings. The van der Waals surface area contributed by atoms with Gasteiger partial charge in [0.25, 0.3) is 5.91 Å². The topological polar surface area (TPSA) is 46.2 Å². The first kappa shape index (κ1) is 17.5. The molecule has 0 spiro atoms. The van der Waals surface area contributed by atoms with Crippen molar-refractivity contribution in [1.82, 2.24) is 5.32 Å². The number of carbonyl (C=O) groups excluding carboxylic acids is 2. The summed E-state index contributed by atoms with van der Waals surface area (Å²) in [6, 6.07) is 20.3. The van der Waals surface area contributed by atoms with Gasteiger partial charge in [-0.2, -0.15) is 0 Å². The smallest absolute Gasteiger partial charge is 0.252 e. The van der Waals surface area contributed by atoms with Gasteiger partial charge in [-0.1, -0.05) is 60.7 Å². The van der Waals surface area contributed by atoms with Gasteiger partial charge in [-0.3, -0.25) is 9.59 Å². The van der Waals surface area contributed by atoms with Crippen LogP contribution in [0.2, 0.25) is 0 Å². The minimum absolute atomic E-state index is 0.184. The number of benzene rings is 3. The highest BCUT2D eigenvalue weighted by atomic mass is 19.1. The molecule has 0 heterocycles. The molecule has 26 heavy (non-hydrogen) atoms. The summed E-state index contributed by atoms with van der Waals surface area (Å²) in [5, 5.41) is 2.75. The molecule has 3 nitrogen and oxygen atoms in total. The molecule has 130 valence electrons. The summed E-state index contributed by atoms with van der Waals surface area (Å²) in [6.45, 7) is 1.87. The van der Waals surface area contributed by atoms with E-state index < -0.39 is 0 Å². The predicted molar refractivity (Wildman–Crippen MR) is 98.6 cm³/mol. The molecule has 0 aliphatic heterocycles. The zero-order chi connectivity index (χ0) is 18.5. The van der Waals surface area contributed by atoms with Crippen LogP contribution in [0.4, 0.5) is 4.39 Å². The first-order valence-electron chi connectivity index (χ1n) is 8.28. The first-order chi connectivity index (χ1) is 12.6. The lowest BCUT2D eigenvalue weighted by atomic mass is 9.98. The second-order valence-corrected chi connectivity index (χ2v) is 6.01. The van der Waals surface area contributed by atoms with Crippen molar-refractivity contribution in [3.05, 3.63) is 106 Å². The van der Waals surface area contributed by atoms with Crippen LogP contribution in [0, 0.1) is 12.7 Å². The maximum absolute atomic E-state index is 13.6. The highest BCUT2D eigenvalue weighted by molar-refractivity contribution is 6.15. The van der Waals surface area contributed by atoms with Crippen LogP contribution < -0.4 is 5.32 Å². The Morgan fingerprint density at radius 1 is 0.885 bits per heavy atom. The van der Waals surface area contributed by atoms with E-state index in [4.69, 9.17) is 0 Å². The molecule has 0 aliphatic rings. The summed E-state index contributed by atoms with van der Waals surface area (Å²) in [4.78, 5) is 25.3. The van der Waals surface area contributed by atoms with E-state index in [0.29, 0.717) is 27.8 Å². The van der Waals surface area contributed by atoms with E-state index in [1.54, 1.807) is 67.6 Å². The van der Waals surface area contributed by atoms with Crippen LogP contribution >= 0.6 is 0 Å². The van der Waals surface area contributed by atoms with Crippen molar-refractivity contribution in [1.29, 1.82) is 0 Å². The molecule has 0 unspecified atom stereocenters. The lowest BCUT2D eigenvalue weighted by Gasteiger charge is -2.10. The molecule has 0 aliphatic carbocycles. The average Bonchev–Trinajstić information content (AvgIpc) is 2.68. The Labute approximate surface area is 151 Å². The summed E-state index contributed by atoms with van der Waals surface area (Å²) in [7, 11) is 0. The maximum atomic E-state index is 13.6. The second kappa shape index (κ2) is 7.74. The van der Waals surface area contributed by atoms with E-state index in [1.165, 1.54) is 6.07 Å². The zero-order valence-electron chi connectivity index (χ0n) is 14.3. The molecule has 3 aromatic carbocycles. The summed E-state index contributed by atoms with van der Waals surface area (Å²) in [5.74, 6) is -0.889. The number of aryl methyl sites for hydroxylation is 1. The van der Waals surface area contributed by atoms with E-state index in [0.717, 1.165) is 0 Å².